The fourth-order valence-corrected chi connectivity index (χ4v) is 4.43. The molecule has 0 aromatic heterocycles. The first-order valence-corrected chi connectivity index (χ1v) is 14.2. The van der Waals surface area contributed by atoms with Crippen LogP contribution in [0, 0.1) is 0 Å². The van der Waals surface area contributed by atoms with E-state index in [4.69, 9.17) is 9.47 Å². The summed E-state index contributed by atoms with van der Waals surface area (Å²) in [4.78, 5) is 13.0. The molecule has 2 aromatic rings. The predicted molar refractivity (Wildman–Crippen MR) is 150 cm³/mol. The van der Waals surface area contributed by atoms with E-state index in [9.17, 15) is 4.79 Å². The molecule has 0 fully saturated rings. The first-order valence-electron chi connectivity index (χ1n) is 14.2. The molecule has 2 rings (SSSR count). The highest BCUT2D eigenvalue weighted by Crippen LogP contribution is 2.20. The molecule has 0 spiro atoms. The van der Waals surface area contributed by atoms with Crippen molar-refractivity contribution in [2.75, 3.05) is 14.1 Å². The van der Waals surface area contributed by atoms with Gasteiger partial charge >= 0.3 is 5.97 Å². The molecule has 0 radical (unpaired) electrons. The van der Waals surface area contributed by atoms with Gasteiger partial charge in [0.2, 0.25) is 6.29 Å². The Balaban J connectivity index is 1.81. The third-order valence-electron chi connectivity index (χ3n) is 7.10. The monoisotopic (exact) mass is 496 g/mol. The van der Waals surface area contributed by atoms with Crippen molar-refractivity contribution in [1.82, 2.24) is 0 Å². The largest absolute Gasteiger partial charge is 0.455 e. The van der Waals surface area contributed by atoms with E-state index in [1.165, 1.54) is 62.5 Å². The normalized spacial score (nSPS) is 13.2. The van der Waals surface area contributed by atoms with Gasteiger partial charge in [0.25, 0.3) is 0 Å². The van der Waals surface area contributed by atoms with Crippen LogP contribution in [-0.2, 0) is 22.5 Å². The molecule has 0 bridgehead atoms. The van der Waals surface area contributed by atoms with Gasteiger partial charge in [-0.15, -0.1) is 0 Å². The summed E-state index contributed by atoms with van der Waals surface area (Å²) in [5.41, 5.74) is 2.54. The highest BCUT2D eigenvalue weighted by atomic mass is 16.7. The Morgan fingerprint density at radius 2 is 1.39 bits per heavy atom. The van der Waals surface area contributed by atoms with Gasteiger partial charge in [-0.25, -0.2) is 4.79 Å². The van der Waals surface area contributed by atoms with Gasteiger partial charge in [0, 0.05) is 12.0 Å². The zero-order chi connectivity index (χ0) is 26.2. The number of nitrogens with zero attached hydrogens (tertiary/aromatic N) is 1. The standard InChI is InChI=1S/C32H50NO3/c1-6-8-9-10-11-12-13-15-19-28-22-24-30(25-23-28)35-31(18-7-2)36-32(34)27(3)33(4,5)26-29-20-16-14-17-21-29/h14,16-17,20-25,27,31H,6-13,15,18-19,26H2,1-5H3/q+1. The number of hydrogen-bond acceptors (Lipinski definition) is 3. The van der Waals surface area contributed by atoms with Gasteiger partial charge in [0.15, 0.2) is 6.04 Å². The summed E-state index contributed by atoms with van der Waals surface area (Å²) in [5.74, 6) is 0.535. The minimum Gasteiger partial charge on any atom is -0.455 e. The third kappa shape index (κ3) is 11.2. The van der Waals surface area contributed by atoms with Gasteiger partial charge in [-0.3, -0.25) is 0 Å². The SMILES string of the molecule is CCCCCCCCCCc1ccc(OC(CCC)OC(=O)C(C)[N+](C)(C)Cc2ccccc2)cc1. The van der Waals surface area contributed by atoms with Crippen molar-refractivity contribution in [3.8, 4) is 5.75 Å². The van der Waals surface area contributed by atoms with Crippen LogP contribution in [0.3, 0.4) is 0 Å². The molecule has 36 heavy (non-hydrogen) atoms. The summed E-state index contributed by atoms with van der Waals surface area (Å²) in [5, 5.41) is 0. The maximum Gasteiger partial charge on any atom is 0.367 e. The van der Waals surface area contributed by atoms with E-state index in [0.717, 1.165) is 25.1 Å². The molecule has 0 saturated heterocycles. The number of benzene rings is 2. The number of hydrogen-bond donors (Lipinski definition) is 0. The maximum atomic E-state index is 13.0. The molecule has 0 N–H and O–H groups in total. The van der Waals surface area contributed by atoms with Crippen molar-refractivity contribution in [3.63, 3.8) is 0 Å². The predicted octanol–water partition coefficient (Wildman–Crippen LogP) is 8.08. The number of carbonyl (C=O) groups is 1. The smallest absolute Gasteiger partial charge is 0.367 e. The van der Waals surface area contributed by atoms with Crippen molar-refractivity contribution >= 4 is 5.97 Å². The quantitative estimate of drug-likeness (QED) is 0.0905. The molecule has 2 atom stereocenters. The lowest BCUT2D eigenvalue weighted by Gasteiger charge is -2.35. The number of ether oxygens (including phenoxy) is 2. The maximum absolute atomic E-state index is 13.0. The van der Waals surface area contributed by atoms with E-state index in [1.54, 1.807) is 0 Å². The molecule has 4 nitrogen and oxygen atoms in total. The summed E-state index contributed by atoms with van der Waals surface area (Å²) < 4.78 is 12.5. The number of rotatable bonds is 18. The second-order valence-corrected chi connectivity index (χ2v) is 10.7. The van der Waals surface area contributed by atoms with Crippen LogP contribution in [0.15, 0.2) is 54.6 Å². The fraction of sp³-hybridized carbons (Fsp3) is 0.594. The highest BCUT2D eigenvalue weighted by Gasteiger charge is 2.34. The van der Waals surface area contributed by atoms with Gasteiger partial charge < -0.3 is 14.0 Å². The van der Waals surface area contributed by atoms with Crippen molar-refractivity contribution in [2.45, 2.75) is 110 Å². The van der Waals surface area contributed by atoms with Gasteiger partial charge in [-0.1, -0.05) is 101 Å². The molecule has 0 heterocycles. The minimum absolute atomic E-state index is 0.222. The molecule has 0 aliphatic heterocycles. The molecule has 0 amide bonds. The van der Waals surface area contributed by atoms with Crippen LogP contribution in [0.25, 0.3) is 0 Å². The first-order chi connectivity index (χ1) is 17.4. The molecular weight excluding hydrogens is 446 g/mol. The van der Waals surface area contributed by atoms with E-state index in [2.05, 4.69) is 52.2 Å². The highest BCUT2D eigenvalue weighted by molar-refractivity contribution is 5.74. The number of quaternary nitrogens is 1. The number of aryl methyl sites for hydroxylation is 1. The van der Waals surface area contributed by atoms with Crippen LogP contribution < -0.4 is 4.74 Å². The number of likely N-dealkylation sites (N-methyl/N-ethyl adjacent to an activating group) is 1. The average molecular weight is 497 g/mol. The first kappa shape index (κ1) is 29.9. The second kappa shape index (κ2) is 16.4. The average Bonchev–Trinajstić information content (AvgIpc) is 2.86. The molecule has 4 heteroatoms. The van der Waals surface area contributed by atoms with Crippen LogP contribution in [0.1, 0.15) is 96.1 Å². The van der Waals surface area contributed by atoms with Crippen LogP contribution in [0.5, 0.6) is 5.75 Å². The summed E-state index contributed by atoms with van der Waals surface area (Å²) in [7, 11) is 4.14. The van der Waals surface area contributed by atoms with Gasteiger partial charge in [0.1, 0.15) is 12.3 Å². The van der Waals surface area contributed by atoms with E-state index in [0.29, 0.717) is 10.9 Å². The van der Waals surface area contributed by atoms with E-state index in [-0.39, 0.29) is 12.0 Å². The van der Waals surface area contributed by atoms with Gasteiger partial charge in [0.05, 0.1) is 14.1 Å². The Morgan fingerprint density at radius 3 is 2.00 bits per heavy atom. The zero-order valence-corrected chi connectivity index (χ0v) is 23.5. The Bertz CT molecular complexity index is 847. The summed E-state index contributed by atoms with van der Waals surface area (Å²) in [6.45, 7) is 7.04. The third-order valence-corrected chi connectivity index (χ3v) is 7.10. The number of esters is 1. The molecule has 0 saturated carbocycles. The number of carbonyl (C=O) groups excluding carboxylic acids is 1. The van der Waals surface area contributed by atoms with E-state index >= 15 is 0 Å². The van der Waals surface area contributed by atoms with E-state index < -0.39 is 6.29 Å². The lowest BCUT2D eigenvalue weighted by molar-refractivity contribution is -0.917. The van der Waals surface area contributed by atoms with E-state index in [1.807, 2.05) is 37.3 Å². The van der Waals surface area contributed by atoms with Crippen molar-refractivity contribution < 1.29 is 18.8 Å². The lowest BCUT2D eigenvalue weighted by Crippen LogP contribution is -2.52. The van der Waals surface area contributed by atoms with Gasteiger partial charge in [-0.2, -0.15) is 0 Å². The van der Waals surface area contributed by atoms with Gasteiger partial charge in [-0.05, 0) is 43.9 Å². The lowest BCUT2D eigenvalue weighted by atomic mass is 10.0. The Hall–Kier alpha value is -2.33. The molecule has 0 aliphatic carbocycles. The Kier molecular flexibility index (Phi) is 13.6. The fourth-order valence-electron chi connectivity index (χ4n) is 4.43. The molecule has 200 valence electrons. The van der Waals surface area contributed by atoms with Crippen molar-refractivity contribution in [2.24, 2.45) is 0 Å². The summed E-state index contributed by atoms with van der Waals surface area (Å²) >= 11 is 0. The van der Waals surface area contributed by atoms with Crippen molar-refractivity contribution in [1.29, 1.82) is 0 Å². The Labute approximate surface area is 220 Å². The molecule has 2 aromatic carbocycles. The molecule has 2 unspecified atom stereocenters. The Morgan fingerprint density at radius 1 is 0.778 bits per heavy atom. The van der Waals surface area contributed by atoms with Crippen LogP contribution in [-0.4, -0.2) is 36.9 Å². The second-order valence-electron chi connectivity index (χ2n) is 10.7. The van der Waals surface area contributed by atoms with Crippen molar-refractivity contribution in [3.05, 3.63) is 65.7 Å². The van der Waals surface area contributed by atoms with Crippen LogP contribution in [0.4, 0.5) is 0 Å². The summed E-state index contributed by atoms with van der Waals surface area (Å²) in [6, 6.07) is 18.3. The van der Waals surface area contributed by atoms with Crippen LogP contribution in [0.2, 0.25) is 0 Å². The molecule has 0 aliphatic rings. The summed E-state index contributed by atoms with van der Waals surface area (Å²) in [6.07, 6.45) is 12.8. The number of unbranched alkanes of at least 4 members (excludes halogenated alkanes) is 7. The minimum atomic E-state index is -0.569. The molecular formula is C32H50NO3+. The van der Waals surface area contributed by atoms with Crippen LogP contribution >= 0.6 is 0 Å². The zero-order valence-electron chi connectivity index (χ0n) is 23.5. The topological polar surface area (TPSA) is 35.5 Å².